The Morgan fingerprint density at radius 3 is 2.43 bits per heavy atom. The molecule has 1 aliphatic rings. The first-order valence-corrected chi connectivity index (χ1v) is 11.5. The number of nitrogens with zero attached hydrogens (tertiary/aromatic N) is 1. The Morgan fingerprint density at radius 2 is 1.81 bits per heavy atom. The molecule has 2 aromatic carbocycles. The molecule has 1 amide bonds. The molecule has 0 saturated heterocycles. The number of aromatic hydroxyl groups is 1. The van der Waals surface area contributed by atoms with Crippen LogP contribution in [-0.4, -0.2) is 40.3 Å². The molecule has 8 nitrogen and oxygen atoms in total. The fraction of sp³-hybridized carbons (Fsp3) is 0.346. The van der Waals surface area contributed by atoms with Crippen LogP contribution in [0.2, 0.25) is 0 Å². The van der Waals surface area contributed by atoms with E-state index in [4.69, 9.17) is 9.47 Å². The Kier molecular flexibility index (Phi) is 6.66. The number of aromatic nitrogens is 1. The molecule has 0 saturated carbocycles. The average Bonchev–Trinajstić information content (AvgIpc) is 2.80. The number of hydrogen-bond donors (Lipinski definition) is 2. The quantitative estimate of drug-likeness (QED) is 0.495. The monoisotopic (exact) mass is 518 g/mol. The third-order valence-electron chi connectivity index (χ3n) is 5.75. The molecule has 1 atom stereocenters. The minimum absolute atomic E-state index is 0.0107. The Bertz CT molecular complexity index is 1420. The van der Waals surface area contributed by atoms with Gasteiger partial charge in [-0.05, 0) is 57.0 Å². The van der Waals surface area contributed by atoms with E-state index in [1.807, 2.05) is 0 Å². The van der Waals surface area contributed by atoms with E-state index in [0.717, 1.165) is 12.1 Å². The van der Waals surface area contributed by atoms with Gasteiger partial charge in [-0.15, -0.1) is 0 Å². The first-order chi connectivity index (χ1) is 17.3. The van der Waals surface area contributed by atoms with Crippen molar-refractivity contribution in [2.24, 2.45) is 0 Å². The van der Waals surface area contributed by atoms with Crippen LogP contribution in [0.3, 0.4) is 0 Å². The maximum absolute atomic E-state index is 13.5. The van der Waals surface area contributed by atoms with Crippen molar-refractivity contribution in [3.8, 4) is 11.5 Å². The lowest BCUT2D eigenvalue weighted by atomic mass is 10.0. The summed E-state index contributed by atoms with van der Waals surface area (Å²) >= 11 is 0. The number of alkyl halides is 3. The summed E-state index contributed by atoms with van der Waals surface area (Å²) in [5.74, 6) is -1.95. The zero-order valence-corrected chi connectivity index (χ0v) is 20.3. The summed E-state index contributed by atoms with van der Waals surface area (Å²) in [6.07, 6.45) is -4.35. The molecule has 37 heavy (non-hydrogen) atoms. The first-order valence-electron chi connectivity index (χ1n) is 11.5. The lowest BCUT2D eigenvalue weighted by Gasteiger charge is -2.29. The molecule has 3 aromatic rings. The molecule has 0 spiro atoms. The van der Waals surface area contributed by atoms with Gasteiger partial charge in [0.25, 0.3) is 11.5 Å². The molecule has 1 aliphatic heterocycles. The Hall–Kier alpha value is -4.02. The summed E-state index contributed by atoms with van der Waals surface area (Å²) in [6, 6.07) is 8.58. The smallest absolute Gasteiger partial charge is 0.416 e. The standard InChI is InChI=1S/C26H25F3N2O6/c1-25(2,3)37-19(32)12-30-23(34)20-22(33)17-5-4-6-18-21(17)31(24(20)35)16(13-36-18)11-14-7-9-15(10-8-14)26(27,28)29/h4-10,16,33H,11-13H2,1-3H3,(H,30,34). The number of nitrogens with one attached hydrogen (secondary N) is 1. The molecule has 0 aliphatic carbocycles. The van der Waals surface area contributed by atoms with Crippen molar-refractivity contribution in [3.63, 3.8) is 0 Å². The Labute approximate surface area is 209 Å². The maximum atomic E-state index is 13.5. The number of halogens is 3. The summed E-state index contributed by atoms with van der Waals surface area (Å²) in [6.45, 7) is 4.47. The van der Waals surface area contributed by atoms with Gasteiger partial charge in [0.2, 0.25) is 0 Å². The normalized spacial score (nSPS) is 15.2. The van der Waals surface area contributed by atoms with Crippen LogP contribution in [-0.2, 0) is 22.1 Å². The third-order valence-corrected chi connectivity index (χ3v) is 5.75. The molecular weight excluding hydrogens is 493 g/mol. The zero-order chi connectivity index (χ0) is 27.1. The highest BCUT2D eigenvalue weighted by Crippen LogP contribution is 2.38. The summed E-state index contributed by atoms with van der Waals surface area (Å²) in [5, 5.41) is 13.3. The number of benzene rings is 2. The lowest BCUT2D eigenvalue weighted by Crippen LogP contribution is -2.40. The van der Waals surface area contributed by atoms with Crippen LogP contribution >= 0.6 is 0 Å². The van der Waals surface area contributed by atoms with Crippen LogP contribution in [0.5, 0.6) is 11.5 Å². The van der Waals surface area contributed by atoms with Crippen LogP contribution in [0.15, 0.2) is 47.3 Å². The van der Waals surface area contributed by atoms with E-state index in [0.29, 0.717) is 11.3 Å². The van der Waals surface area contributed by atoms with E-state index in [1.54, 1.807) is 32.9 Å². The number of ether oxygens (including phenoxy) is 2. The molecule has 2 heterocycles. The van der Waals surface area contributed by atoms with Crippen molar-refractivity contribution in [2.45, 2.75) is 45.0 Å². The minimum Gasteiger partial charge on any atom is -0.506 e. The molecule has 4 rings (SSSR count). The lowest BCUT2D eigenvalue weighted by molar-refractivity contribution is -0.153. The molecule has 1 aromatic heterocycles. The molecule has 0 fully saturated rings. The van der Waals surface area contributed by atoms with Gasteiger partial charge >= 0.3 is 12.1 Å². The van der Waals surface area contributed by atoms with E-state index >= 15 is 0 Å². The van der Waals surface area contributed by atoms with E-state index in [-0.39, 0.29) is 23.9 Å². The van der Waals surface area contributed by atoms with Gasteiger partial charge in [0.05, 0.1) is 17.1 Å². The average molecular weight is 518 g/mol. The summed E-state index contributed by atoms with van der Waals surface area (Å²) < 4.78 is 51.1. The van der Waals surface area contributed by atoms with Gasteiger partial charge in [-0.1, -0.05) is 18.2 Å². The molecule has 1 unspecified atom stereocenters. The number of carbonyl (C=O) groups excluding carboxylic acids is 2. The van der Waals surface area contributed by atoms with Crippen LogP contribution in [0, 0.1) is 0 Å². The zero-order valence-electron chi connectivity index (χ0n) is 20.3. The van der Waals surface area contributed by atoms with Gasteiger partial charge in [0.1, 0.15) is 35.8 Å². The molecule has 11 heteroatoms. The molecule has 0 radical (unpaired) electrons. The van der Waals surface area contributed by atoms with Crippen LogP contribution < -0.4 is 15.6 Å². The predicted molar refractivity (Wildman–Crippen MR) is 128 cm³/mol. The number of rotatable bonds is 5. The Morgan fingerprint density at radius 1 is 1.14 bits per heavy atom. The number of hydrogen-bond acceptors (Lipinski definition) is 6. The summed E-state index contributed by atoms with van der Waals surface area (Å²) in [4.78, 5) is 38.5. The van der Waals surface area contributed by atoms with Crippen LogP contribution in [0.25, 0.3) is 10.9 Å². The van der Waals surface area contributed by atoms with E-state index < -0.39 is 58.7 Å². The number of para-hydroxylation sites is 1. The van der Waals surface area contributed by atoms with Crippen molar-refractivity contribution < 1.29 is 37.3 Å². The second-order valence-corrected chi connectivity index (χ2v) is 9.68. The number of pyridine rings is 1. The highest BCUT2D eigenvalue weighted by Gasteiger charge is 2.32. The maximum Gasteiger partial charge on any atom is 0.416 e. The van der Waals surface area contributed by atoms with E-state index in [2.05, 4.69) is 5.32 Å². The highest BCUT2D eigenvalue weighted by atomic mass is 19.4. The van der Waals surface area contributed by atoms with Crippen LogP contribution in [0.1, 0.15) is 48.3 Å². The molecule has 196 valence electrons. The van der Waals surface area contributed by atoms with Gasteiger partial charge in [-0.2, -0.15) is 13.2 Å². The SMILES string of the molecule is CC(C)(C)OC(=O)CNC(=O)c1c(O)c2cccc3c2n(c1=O)C(Cc1ccc(C(F)(F)F)cc1)CO3. The number of carbonyl (C=O) groups is 2. The van der Waals surface area contributed by atoms with Crippen molar-refractivity contribution in [2.75, 3.05) is 13.2 Å². The summed E-state index contributed by atoms with van der Waals surface area (Å²) in [5.41, 5.74) is -2.18. The summed E-state index contributed by atoms with van der Waals surface area (Å²) in [7, 11) is 0. The number of esters is 1. The number of amides is 1. The second-order valence-electron chi connectivity index (χ2n) is 9.68. The van der Waals surface area contributed by atoms with E-state index in [9.17, 15) is 32.7 Å². The Balaban J connectivity index is 1.71. The van der Waals surface area contributed by atoms with Gasteiger partial charge < -0.3 is 19.9 Å². The van der Waals surface area contributed by atoms with E-state index in [1.165, 1.54) is 22.8 Å². The minimum atomic E-state index is -4.48. The molecule has 2 N–H and O–H groups in total. The van der Waals surface area contributed by atoms with Crippen LogP contribution in [0.4, 0.5) is 13.2 Å². The molecule has 0 bridgehead atoms. The first kappa shape index (κ1) is 26.1. The topological polar surface area (TPSA) is 107 Å². The largest absolute Gasteiger partial charge is 0.506 e. The van der Waals surface area contributed by atoms with Gasteiger partial charge in [0.15, 0.2) is 0 Å². The van der Waals surface area contributed by atoms with Crippen molar-refractivity contribution in [3.05, 3.63) is 69.5 Å². The second kappa shape index (κ2) is 9.45. The predicted octanol–water partition coefficient (Wildman–Crippen LogP) is 3.97. The third kappa shape index (κ3) is 5.40. The van der Waals surface area contributed by atoms with Gasteiger partial charge in [-0.3, -0.25) is 19.0 Å². The van der Waals surface area contributed by atoms with Crippen molar-refractivity contribution >= 4 is 22.8 Å². The van der Waals surface area contributed by atoms with Crippen molar-refractivity contribution in [1.29, 1.82) is 0 Å². The fourth-order valence-electron chi connectivity index (χ4n) is 4.22. The molecular formula is C26H25F3N2O6. The van der Waals surface area contributed by atoms with Gasteiger partial charge in [-0.25, -0.2) is 0 Å². The highest BCUT2D eigenvalue weighted by molar-refractivity contribution is 6.04. The van der Waals surface area contributed by atoms with Gasteiger partial charge in [0, 0.05) is 5.39 Å². The van der Waals surface area contributed by atoms with Crippen molar-refractivity contribution in [1.82, 2.24) is 9.88 Å². The fourth-order valence-corrected chi connectivity index (χ4v) is 4.22.